The van der Waals surface area contributed by atoms with Crippen LogP contribution in [0.15, 0.2) is 36.4 Å². The average Bonchev–Trinajstić information content (AvgIpc) is 3.68. The first-order valence-corrected chi connectivity index (χ1v) is 11.8. The van der Waals surface area contributed by atoms with E-state index in [0.29, 0.717) is 41.6 Å². The van der Waals surface area contributed by atoms with Gasteiger partial charge in [-0.25, -0.2) is 0 Å². The Bertz CT molecular complexity index is 1270. The molecule has 0 spiro atoms. The highest BCUT2D eigenvalue weighted by Crippen LogP contribution is 2.31. The fourth-order valence-electron chi connectivity index (χ4n) is 3.89. The molecule has 1 aromatic heterocycles. The number of morpholine rings is 1. The predicted octanol–water partition coefficient (Wildman–Crippen LogP) is 3.51. The van der Waals surface area contributed by atoms with Gasteiger partial charge in [0.05, 0.1) is 18.8 Å². The van der Waals surface area contributed by atoms with E-state index in [1.54, 1.807) is 12.1 Å². The van der Waals surface area contributed by atoms with Crippen LogP contribution in [0.2, 0.25) is 5.02 Å². The first-order chi connectivity index (χ1) is 16.6. The zero-order valence-electron chi connectivity index (χ0n) is 18.7. The Labute approximate surface area is 203 Å². The van der Waals surface area contributed by atoms with Crippen molar-refractivity contribution in [1.29, 1.82) is 0 Å². The van der Waals surface area contributed by atoms with Crippen molar-refractivity contribution in [1.82, 2.24) is 20.4 Å². The van der Waals surface area contributed by atoms with Crippen LogP contribution < -0.4 is 5.32 Å². The van der Waals surface area contributed by atoms with Gasteiger partial charge in [-0.3, -0.25) is 9.69 Å². The molecule has 0 unspecified atom stereocenters. The van der Waals surface area contributed by atoms with Crippen LogP contribution in [0, 0.1) is 17.8 Å². The first-order valence-electron chi connectivity index (χ1n) is 11.4. The lowest BCUT2D eigenvalue weighted by Crippen LogP contribution is -2.35. The minimum Gasteiger partial charge on any atom is -0.505 e. The molecular weight excluding hydrogens is 452 g/mol. The molecule has 1 saturated heterocycles. The van der Waals surface area contributed by atoms with Crippen LogP contribution in [0.3, 0.4) is 0 Å². The molecule has 2 aromatic carbocycles. The van der Waals surface area contributed by atoms with Crippen LogP contribution in [-0.2, 0) is 17.8 Å². The topological polar surface area (TPSA) is 87.6 Å². The molecule has 2 aliphatic rings. The Balaban J connectivity index is 1.45. The maximum absolute atomic E-state index is 12.8. The highest BCUT2D eigenvalue weighted by atomic mass is 35.5. The average molecular weight is 477 g/mol. The Morgan fingerprint density at radius 3 is 2.65 bits per heavy atom. The normalized spacial score (nSPS) is 16.1. The van der Waals surface area contributed by atoms with E-state index >= 15 is 0 Å². The van der Waals surface area contributed by atoms with Crippen molar-refractivity contribution in [3.63, 3.8) is 0 Å². The van der Waals surface area contributed by atoms with Crippen molar-refractivity contribution in [2.75, 3.05) is 26.3 Å². The summed E-state index contributed by atoms with van der Waals surface area (Å²) in [6.07, 6.45) is 2.24. The molecule has 1 aliphatic heterocycles. The summed E-state index contributed by atoms with van der Waals surface area (Å²) < 4.78 is 5.45. The smallest absolute Gasteiger partial charge is 0.275 e. The molecule has 0 radical (unpaired) electrons. The van der Waals surface area contributed by atoms with Crippen molar-refractivity contribution in [3.8, 4) is 17.6 Å². The number of hydrogen-bond acceptors (Lipinski definition) is 6. The molecule has 0 bridgehead atoms. The predicted molar refractivity (Wildman–Crippen MR) is 130 cm³/mol. The Hall–Kier alpha value is -3.18. The van der Waals surface area contributed by atoms with E-state index in [4.69, 9.17) is 16.3 Å². The molecule has 7 nitrogen and oxygen atoms in total. The lowest BCUT2D eigenvalue weighted by Gasteiger charge is -2.26. The van der Waals surface area contributed by atoms with E-state index in [-0.39, 0.29) is 18.0 Å². The SMILES string of the molecule is O=C(NCc1ccc(Cl)cc1)c1nnc2c(C#CC3CC3)cc(CN3CCOCC3)cc2c1O. The summed E-state index contributed by atoms with van der Waals surface area (Å²) >= 11 is 5.92. The van der Waals surface area contributed by atoms with Gasteiger partial charge in [-0.1, -0.05) is 35.6 Å². The number of aromatic nitrogens is 2. The second kappa shape index (κ2) is 9.98. The second-order valence-corrected chi connectivity index (χ2v) is 9.11. The summed E-state index contributed by atoms with van der Waals surface area (Å²) in [4.78, 5) is 15.1. The molecule has 1 saturated carbocycles. The van der Waals surface area contributed by atoms with Gasteiger partial charge < -0.3 is 15.2 Å². The number of aromatic hydroxyl groups is 1. The van der Waals surface area contributed by atoms with E-state index in [0.717, 1.165) is 42.6 Å². The van der Waals surface area contributed by atoms with Crippen molar-refractivity contribution < 1.29 is 14.6 Å². The van der Waals surface area contributed by atoms with Gasteiger partial charge in [0.2, 0.25) is 0 Å². The number of carbonyl (C=O) groups excluding carboxylic acids is 1. The van der Waals surface area contributed by atoms with Crippen LogP contribution in [0.5, 0.6) is 5.75 Å². The minimum absolute atomic E-state index is 0.105. The second-order valence-electron chi connectivity index (χ2n) is 8.68. The van der Waals surface area contributed by atoms with Gasteiger partial charge in [-0.05, 0) is 48.2 Å². The van der Waals surface area contributed by atoms with Gasteiger partial charge in [0.15, 0.2) is 11.4 Å². The summed E-state index contributed by atoms with van der Waals surface area (Å²) in [7, 11) is 0. The molecule has 5 rings (SSSR count). The Kier molecular flexibility index (Phi) is 6.63. The molecule has 8 heteroatoms. The van der Waals surface area contributed by atoms with Crippen molar-refractivity contribution >= 4 is 28.4 Å². The summed E-state index contributed by atoms with van der Waals surface area (Å²) in [6, 6.07) is 11.1. The van der Waals surface area contributed by atoms with E-state index in [2.05, 4.69) is 32.3 Å². The van der Waals surface area contributed by atoms with Crippen molar-refractivity contribution in [2.45, 2.75) is 25.9 Å². The maximum Gasteiger partial charge on any atom is 0.275 e. The zero-order chi connectivity index (χ0) is 23.5. The summed E-state index contributed by atoms with van der Waals surface area (Å²) in [5.41, 5.74) is 3.02. The van der Waals surface area contributed by atoms with Crippen LogP contribution in [0.1, 0.15) is 40.0 Å². The molecule has 1 aliphatic carbocycles. The number of nitrogens with zero attached hydrogens (tertiary/aromatic N) is 3. The zero-order valence-corrected chi connectivity index (χ0v) is 19.4. The van der Waals surface area contributed by atoms with Gasteiger partial charge in [-0.15, -0.1) is 10.2 Å². The molecular formula is C26H25ClN4O3. The van der Waals surface area contributed by atoms with Crippen LogP contribution >= 0.6 is 11.6 Å². The number of amides is 1. The minimum atomic E-state index is -0.494. The standard InChI is InChI=1S/C26H25ClN4O3/c27-21-7-4-18(5-8-21)15-28-26(33)24-25(32)22-14-19(16-31-9-11-34-12-10-31)13-20(23(22)29-30-24)6-3-17-1-2-17/h4-5,7-8,13-14,17H,1-2,9-12,15-16H2,(H,28,33)(H,29,32). The number of halogens is 1. The Morgan fingerprint density at radius 2 is 1.91 bits per heavy atom. The third kappa shape index (κ3) is 5.31. The molecule has 34 heavy (non-hydrogen) atoms. The van der Waals surface area contributed by atoms with Gasteiger partial charge in [-0.2, -0.15) is 0 Å². The molecule has 1 amide bonds. The quantitative estimate of drug-likeness (QED) is 0.548. The number of benzene rings is 2. The monoisotopic (exact) mass is 476 g/mol. The number of carbonyl (C=O) groups is 1. The number of hydrogen-bond donors (Lipinski definition) is 2. The first kappa shape index (κ1) is 22.6. The molecule has 2 fully saturated rings. The van der Waals surface area contributed by atoms with E-state index in [9.17, 15) is 9.90 Å². The van der Waals surface area contributed by atoms with Crippen LogP contribution in [0.4, 0.5) is 0 Å². The molecule has 3 aromatic rings. The van der Waals surface area contributed by atoms with E-state index in [1.165, 1.54) is 0 Å². The van der Waals surface area contributed by atoms with E-state index in [1.807, 2.05) is 24.3 Å². The van der Waals surface area contributed by atoms with E-state index < -0.39 is 5.91 Å². The fourth-order valence-corrected chi connectivity index (χ4v) is 4.02. The summed E-state index contributed by atoms with van der Waals surface area (Å²) in [5.74, 6) is 6.26. The third-order valence-electron chi connectivity index (χ3n) is 5.98. The molecule has 2 heterocycles. The van der Waals surface area contributed by atoms with Crippen LogP contribution in [0.25, 0.3) is 10.9 Å². The van der Waals surface area contributed by atoms with Crippen molar-refractivity contribution in [3.05, 3.63) is 63.8 Å². The number of fused-ring (bicyclic) bond motifs is 1. The maximum atomic E-state index is 12.8. The number of nitrogens with one attached hydrogen (secondary N) is 1. The van der Waals surface area contributed by atoms with Gasteiger partial charge in [0, 0.05) is 42.5 Å². The lowest BCUT2D eigenvalue weighted by atomic mass is 10.0. The molecule has 2 N–H and O–H groups in total. The lowest BCUT2D eigenvalue weighted by molar-refractivity contribution is 0.0342. The van der Waals surface area contributed by atoms with Crippen molar-refractivity contribution in [2.24, 2.45) is 5.92 Å². The number of ether oxygens (including phenoxy) is 1. The summed E-state index contributed by atoms with van der Waals surface area (Å²) in [6.45, 7) is 4.09. The Morgan fingerprint density at radius 1 is 1.15 bits per heavy atom. The number of rotatable bonds is 5. The molecule has 174 valence electrons. The summed E-state index contributed by atoms with van der Waals surface area (Å²) in [5, 5.41) is 23.3. The largest absolute Gasteiger partial charge is 0.505 e. The highest BCUT2D eigenvalue weighted by Gasteiger charge is 2.21. The van der Waals surface area contributed by atoms with Gasteiger partial charge >= 0.3 is 0 Å². The molecule has 0 atom stereocenters. The van der Waals surface area contributed by atoms with Gasteiger partial charge in [0.1, 0.15) is 5.52 Å². The van der Waals surface area contributed by atoms with Gasteiger partial charge in [0.25, 0.3) is 5.91 Å². The highest BCUT2D eigenvalue weighted by molar-refractivity contribution is 6.30. The third-order valence-corrected chi connectivity index (χ3v) is 6.23. The van der Waals surface area contributed by atoms with Crippen LogP contribution in [-0.4, -0.2) is 52.4 Å². The fraction of sp³-hybridized carbons (Fsp3) is 0.346.